The Bertz CT molecular complexity index is 584. The van der Waals surface area contributed by atoms with Crippen LogP contribution in [0.25, 0.3) is 6.08 Å². The first-order chi connectivity index (χ1) is 9.24. The van der Waals surface area contributed by atoms with Gasteiger partial charge >= 0.3 is 0 Å². The summed E-state index contributed by atoms with van der Waals surface area (Å²) < 4.78 is 0. The topological polar surface area (TPSA) is 70.0 Å². The number of nitrogens with one attached hydrogen (secondary N) is 1. The zero-order valence-corrected chi connectivity index (χ0v) is 12.2. The fourth-order valence-electron chi connectivity index (χ4n) is 1.59. The lowest BCUT2D eigenvalue weighted by molar-refractivity contribution is -0.122. The molecule has 0 saturated heterocycles. The molecule has 0 saturated carbocycles. The van der Waals surface area contributed by atoms with E-state index in [1.54, 1.807) is 51.1 Å². The summed E-state index contributed by atoms with van der Waals surface area (Å²) >= 11 is 0. The van der Waals surface area contributed by atoms with Gasteiger partial charge in [-0.05, 0) is 23.8 Å². The third-order valence-electron chi connectivity index (χ3n) is 2.59. The number of benzene rings is 1. The van der Waals surface area contributed by atoms with Crippen molar-refractivity contribution in [2.24, 2.45) is 5.41 Å². The van der Waals surface area contributed by atoms with Crippen molar-refractivity contribution in [2.45, 2.75) is 27.7 Å². The van der Waals surface area contributed by atoms with Crippen molar-refractivity contribution in [3.8, 4) is 6.07 Å². The average molecular weight is 270 g/mol. The number of hydrogen-bond acceptors (Lipinski definition) is 3. The summed E-state index contributed by atoms with van der Waals surface area (Å²) in [7, 11) is 0. The molecule has 0 aliphatic heterocycles. The third-order valence-corrected chi connectivity index (χ3v) is 2.59. The van der Waals surface area contributed by atoms with Gasteiger partial charge in [0.2, 0.25) is 5.91 Å². The maximum atomic E-state index is 12.1. The molecule has 1 amide bonds. The molecule has 1 aromatic rings. The van der Waals surface area contributed by atoms with Crippen LogP contribution in [0.3, 0.4) is 0 Å². The van der Waals surface area contributed by atoms with Crippen LogP contribution in [-0.2, 0) is 9.59 Å². The molecule has 0 heterocycles. The van der Waals surface area contributed by atoms with Crippen molar-refractivity contribution in [2.75, 3.05) is 5.32 Å². The maximum absolute atomic E-state index is 12.1. The Balaban J connectivity index is 3.00. The van der Waals surface area contributed by atoms with E-state index >= 15 is 0 Å². The molecule has 0 fully saturated rings. The number of Topliss-reactive ketones (excluding diaryl/α,β-unsaturated/α-hetero) is 1. The van der Waals surface area contributed by atoms with Gasteiger partial charge in [0.15, 0.2) is 5.78 Å². The molecule has 104 valence electrons. The molecule has 0 aliphatic rings. The molecule has 1 aromatic carbocycles. The number of nitrogens with zero attached hydrogens (tertiary/aromatic N) is 1. The number of carbonyl (C=O) groups excluding carboxylic acids is 2. The Morgan fingerprint density at radius 3 is 2.15 bits per heavy atom. The highest BCUT2D eigenvalue weighted by Gasteiger charge is 2.24. The van der Waals surface area contributed by atoms with Crippen molar-refractivity contribution in [3.63, 3.8) is 0 Å². The van der Waals surface area contributed by atoms with Crippen LogP contribution in [0.2, 0.25) is 0 Å². The second-order valence-corrected chi connectivity index (χ2v) is 5.55. The summed E-state index contributed by atoms with van der Waals surface area (Å²) in [6.07, 6.45) is 1.56. The number of amides is 1. The van der Waals surface area contributed by atoms with E-state index in [1.807, 2.05) is 6.07 Å². The number of carbonyl (C=O) groups is 2. The van der Waals surface area contributed by atoms with E-state index in [0.717, 1.165) is 5.56 Å². The van der Waals surface area contributed by atoms with E-state index in [4.69, 9.17) is 5.26 Å². The van der Waals surface area contributed by atoms with Crippen molar-refractivity contribution in [1.82, 2.24) is 0 Å². The van der Waals surface area contributed by atoms with Crippen LogP contribution in [0.1, 0.15) is 33.3 Å². The van der Waals surface area contributed by atoms with Gasteiger partial charge in [0, 0.05) is 18.0 Å². The quantitative estimate of drug-likeness (QED) is 0.677. The first kappa shape index (κ1) is 15.6. The molecule has 0 aromatic heterocycles. The van der Waals surface area contributed by atoms with Gasteiger partial charge in [0.25, 0.3) is 0 Å². The average Bonchev–Trinajstić information content (AvgIpc) is 2.35. The molecule has 4 nitrogen and oxygen atoms in total. The summed E-state index contributed by atoms with van der Waals surface area (Å²) in [6.45, 7) is 6.77. The van der Waals surface area contributed by atoms with Crippen molar-refractivity contribution >= 4 is 23.5 Å². The zero-order valence-electron chi connectivity index (χ0n) is 12.2. The third kappa shape index (κ3) is 4.36. The first-order valence-corrected chi connectivity index (χ1v) is 6.28. The summed E-state index contributed by atoms with van der Waals surface area (Å²) in [5.41, 5.74) is 0.964. The van der Waals surface area contributed by atoms with Gasteiger partial charge in [-0.3, -0.25) is 9.59 Å². The normalized spacial score (nSPS) is 11.7. The molecule has 0 unspecified atom stereocenters. The van der Waals surface area contributed by atoms with Gasteiger partial charge in [-0.15, -0.1) is 0 Å². The summed E-state index contributed by atoms with van der Waals surface area (Å²) in [4.78, 5) is 23.0. The van der Waals surface area contributed by atoms with E-state index in [0.29, 0.717) is 5.69 Å². The minimum absolute atomic E-state index is 0.129. The van der Waals surface area contributed by atoms with E-state index < -0.39 is 5.41 Å². The predicted molar refractivity (Wildman–Crippen MR) is 78.8 cm³/mol. The van der Waals surface area contributed by atoms with Gasteiger partial charge in [0.05, 0.1) is 5.57 Å². The highest BCUT2D eigenvalue weighted by Crippen LogP contribution is 2.21. The molecule has 0 aliphatic carbocycles. The Morgan fingerprint density at radius 2 is 1.75 bits per heavy atom. The zero-order chi connectivity index (χ0) is 15.3. The number of ketones is 1. The van der Waals surface area contributed by atoms with E-state index in [9.17, 15) is 9.59 Å². The lowest BCUT2D eigenvalue weighted by Gasteiger charge is -2.15. The van der Waals surface area contributed by atoms with Gasteiger partial charge < -0.3 is 5.32 Å². The Labute approximate surface area is 119 Å². The van der Waals surface area contributed by atoms with Gasteiger partial charge in [-0.2, -0.15) is 5.26 Å². The fourth-order valence-corrected chi connectivity index (χ4v) is 1.59. The highest BCUT2D eigenvalue weighted by molar-refractivity contribution is 6.06. The van der Waals surface area contributed by atoms with Crippen LogP contribution in [0.4, 0.5) is 5.69 Å². The van der Waals surface area contributed by atoms with Crippen molar-refractivity contribution < 1.29 is 9.59 Å². The minimum Gasteiger partial charge on any atom is -0.326 e. The van der Waals surface area contributed by atoms with Crippen LogP contribution >= 0.6 is 0 Å². The minimum atomic E-state index is -0.586. The molecule has 0 bridgehead atoms. The van der Waals surface area contributed by atoms with E-state index in [1.165, 1.54) is 6.92 Å². The predicted octanol–water partition coefficient (Wildman–Crippen LogP) is 3.17. The van der Waals surface area contributed by atoms with E-state index in [2.05, 4.69) is 5.32 Å². The Hall–Kier alpha value is -2.41. The first-order valence-electron chi connectivity index (χ1n) is 6.28. The summed E-state index contributed by atoms with van der Waals surface area (Å²) in [5, 5.41) is 11.8. The van der Waals surface area contributed by atoms with Gasteiger partial charge in [0.1, 0.15) is 6.07 Å². The van der Waals surface area contributed by atoms with Crippen LogP contribution in [0.5, 0.6) is 0 Å². The number of nitriles is 1. The maximum Gasteiger partial charge on any atom is 0.221 e. The number of rotatable bonds is 3. The lowest BCUT2D eigenvalue weighted by atomic mass is 9.86. The Morgan fingerprint density at radius 1 is 1.20 bits per heavy atom. The number of hydrogen-bond donors (Lipinski definition) is 1. The number of allylic oxidation sites excluding steroid dienone is 1. The van der Waals surface area contributed by atoms with Crippen LogP contribution in [0, 0.1) is 16.7 Å². The molecular weight excluding hydrogens is 252 g/mol. The fraction of sp³-hybridized carbons (Fsp3) is 0.312. The molecule has 0 spiro atoms. The van der Waals surface area contributed by atoms with Crippen LogP contribution in [-0.4, -0.2) is 11.7 Å². The molecule has 0 radical (unpaired) electrons. The SMILES string of the molecule is CC(=O)Nc1ccc(C=C(C#N)C(=O)C(C)(C)C)cc1. The second kappa shape index (κ2) is 6.16. The molecule has 1 rings (SSSR count). The molecule has 4 heteroatoms. The molecule has 20 heavy (non-hydrogen) atoms. The van der Waals surface area contributed by atoms with Crippen molar-refractivity contribution in [1.29, 1.82) is 5.26 Å². The molecule has 0 atom stereocenters. The largest absolute Gasteiger partial charge is 0.326 e. The summed E-state index contributed by atoms with van der Waals surface area (Å²) in [6, 6.07) is 8.89. The standard InChI is InChI=1S/C16H18N2O2/c1-11(19)18-14-7-5-12(6-8-14)9-13(10-17)15(20)16(2,3)4/h5-9H,1-4H3,(H,18,19). The highest BCUT2D eigenvalue weighted by atomic mass is 16.1. The van der Waals surface area contributed by atoms with Gasteiger partial charge in [-0.25, -0.2) is 0 Å². The molecular formula is C16H18N2O2. The van der Waals surface area contributed by atoms with Crippen molar-refractivity contribution in [3.05, 3.63) is 35.4 Å². The van der Waals surface area contributed by atoms with E-state index in [-0.39, 0.29) is 17.3 Å². The van der Waals surface area contributed by atoms with Gasteiger partial charge in [-0.1, -0.05) is 32.9 Å². The summed E-state index contributed by atoms with van der Waals surface area (Å²) in [5.74, 6) is -0.333. The number of anilines is 1. The lowest BCUT2D eigenvalue weighted by Crippen LogP contribution is -2.21. The molecule has 1 N–H and O–H groups in total. The Kier molecular flexibility index (Phi) is 4.82. The monoisotopic (exact) mass is 270 g/mol. The smallest absolute Gasteiger partial charge is 0.221 e. The van der Waals surface area contributed by atoms with Crippen LogP contribution in [0.15, 0.2) is 29.8 Å². The second-order valence-electron chi connectivity index (χ2n) is 5.55. The van der Waals surface area contributed by atoms with Crippen LogP contribution < -0.4 is 5.32 Å².